The number of nitrogens with zero attached hydrogens (tertiary/aromatic N) is 3. The molecule has 0 unspecified atom stereocenters. The van der Waals surface area contributed by atoms with Crippen molar-refractivity contribution in [2.75, 3.05) is 17.8 Å². The van der Waals surface area contributed by atoms with Gasteiger partial charge in [0.15, 0.2) is 11.0 Å². The van der Waals surface area contributed by atoms with Gasteiger partial charge in [-0.25, -0.2) is 19.6 Å². The van der Waals surface area contributed by atoms with Gasteiger partial charge < -0.3 is 9.84 Å². The predicted octanol–water partition coefficient (Wildman–Crippen LogP) is 3.27. The maximum atomic E-state index is 11.8. The molecule has 0 aliphatic carbocycles. The summed E-state index contributed by atoms with van der Waals surface area (Å²) in [5, 5.41) is 9.44. The average molecular weight is 320 g/mol. The Labute approximate surface area is 125 Å². The maximum absolute atomic E-state index is 11.8. The van der Waals surface area contributed by atoms with E-state index in [0.717, 1.165) is 6.42 Å². The Hall–Kier alpha value is -1.54. The molecule has 0 aliphatic heterocycles. The van der Waals surface area contributed by atoms with E-state index < -0.39 is 12.2 Å². The van der Waals surface area contributed by atoms with Crippen molar-refractivity contribution in [2.24, 2.45) is 0 Å². The van der Waals surface area contributed by atoms with Crippen LogP contribution in [0.25, 0.3) is 0 Å². The molecule has 1 heterocycles. The number of rotatable bonds is 5. The fraction of sp³-hybridized carbons (Fsp3) is 0.455. The highest BCUT2D eigenvalue weighted by Gasteiger charge is 2.26. The van der Waals surface area contributed by atoms with Gasteiger partial charge in [0.2, 0.25) is 0 Å². The van der Waals surface area contributed by atoms with Gasteiger partial charge in [-0.1, -0.05) is 36.7 Å². The lowest BCUT2D eigenvalue weighted by Gasteiger charge is -2.16. The normalized spacial score (nSPS) is 10.2. The molecule has 0 aliphatic rings. The molecule has 1 rings (SSSR count). The highest BCUT2D eigenvalue weighted by atomic mass is 35.5. The number of aromatic nitrogens is 2. The molecule has 2 amide bonds. The van der Waals surface area contributed by atoms with Gasteiger partial charge >= 0.3 is 12.2 Å². The van der Waals surface area contributed by atoms with Crippen LogP contribution in [0.1, 0.15) is 19.8 Å². The van der Waals surface area contributed by atoms with E-state index in [1.54, 1.807) is 6.26 Å². The van der Waals surface area contributed by atoms with E-state index in [2.05, 4.69) is 9.97 Å². The number of halogens is 1. The second-order valence-electron chi connectivity index (χ2n) is 3.62. The topological polar surface area (TPSA) is 92.6 Å². The first-order valence-corrected chi connectivity index (χ1v) is 7.38. The second kappa shape index (κ2) is 7.91. The van der Waals surface area contributed by atoms with Crippen molar-refractivity contribution in [3.05, 3.63) is 11.2 Å². The molecule has 7 nitrogen and oxygen atoms in total. The number of amides is 2. The Bertz CT molecular complexity index is 501. The van der Waals surface area contributed by atoms with Gasteiger partial charge in [0.25, 0.3) is 0 Å². The van der Waals surface area contributed by atoms with E-state index in [0.29, 0.717) is 11.3 Å². The first kappa shape index (κ1) is 16.5. The molecule has 0 saturated heterocycles. The molecular weight excluding hydrogens is 306 g/mol. The van der Waals surface area contributed by atoms with Crippen molar-refractivity contribution in [1.29, 1.82) is 0 Å². The van der Waals surface area contributed by atoms with Crippen LogP contribution in [-0.2, 0) is 4.74 Å². The lowest BCUT2D eigenvalue weighted by atomic mass is 10.4. The first-order valence-electron chi connectivity index (χ1n) is 5.78. The number of hydrogen-bond donors (Lipinski definition) is 1. The molecule has 1 N–H and O–H groups in total. The molecular formula is C11H14ClN3O4S. The smallest absolute Gasteiger partial charge is 0.425 e. The van der Waals surface area contributed by atoms with E-state index >= 15 is 0 Å². The number of carbonyl (C=O) groups excluding carboxylic acids is 1. The number of hydrogen-bond acceptors (Lipinski definition) is 6. The zero-order valence-corrected chi connectivity index (χ0v) is 12.6. The molecule has 0 spiro atoms. The van der Waals surface area contributed by atoms with Gasteiger partial charge in [-0.15, -0.1) is 0 Å². The molecule has 0 radical (unpaired) electrons. The average Bonchev–Trinajstić information content (AvgIpc) is 2.38. The summed E-state index contributed by atoms with van der Waals surface area (Å²) in [6, 6.07) is 1.19. The number of anilines is 1. The zero-order chi connectivity index (χ0) is 15.1. The summed E-state index contributed by atoms with van der Waals surface area (Å²) in [6.07, 6.45) is 0.692. The molecule has 1 aromatic rings. The molecule has 20 heavy (non-hydrogen) atoms. The van der Waals surface area contributed by atoms with E-state index in [4.69, 9.17) is 21.4 Å². The van der Waals surface area contributed by atoms with Crippen molar-refractivity contribution in [2.45, 2.75) is 24.9 Å². The minimum Gasteiger partial charge on any atom is -0.464 e. The van der Waals surface area contributed by atoms with E-state index in [9.17, 15) is 9.59 Å². The van der Waals surface area contributed by atoms with Crippen LogP contribution < -0.4 is 4.90 Å². The molecule has 0 fully saturated rings. The minimum atomic E-state index is -1.49. The summed E-state index contributed by atoms with van der Waals surface area (Å²) in [5.74, 6) is -0.136. The number of carbonyl (C=O) groups is 2. The Morgan fingerprint density at radius 3 is 2.75 bits per heavy atom. The van der Waals surface area contributed by atoms with Crippen molar-refractivity contribution in [1.82, 2.24) is 9.97 Å². The number of thioether (sulfide) groups is 1. The summed E-state index contributed by atoms with van der Waals surface area (Å²) in [5.41, 5.74) is 0. The highest BCUT2D eigenvalue weighted by Crippen LogP contribution is 2.21. The van der Waals surface area contributed by atoms with Crippen molar-refractivity contribution >= 4 is 41.4 Å². The molecule has 1 aromatic heterocycles. The summed E-state index contributed by atoms with van der Waals surface area (Å²) >= 11 is 6.95. The number of unbranched alkanes of at least 4 members (excludes halogenated alkanes) is 1. The fourth-order valence-corrected chi connectivity index (χ4v) is 1.83. The van der Waals surface area contributed by atoms with Gasteiger partial charge in [0, 0.05) is 6.07 Å². The SMILES string of the molecule is CCCCOC(=O)N(C(=O)O)c1cc(Cl)nc(SC)n1. The predicted molar refractivity (Wildman–Crippen MR) is 75.6 cm³/mol. The molecule has 9 heteroatoms. The third-order valence-electron chi connectivity index (χ3n) is 2.17. The second-order valence-corrected chi connectivity index (χ2v) is 4.78. The maximum Gasteiger partial charge on any atom is 0.425 e. The van der Waals surface area contributed by atoms with Gasteiger partial charge in [-0.05, 0) is 12.7 Å². The summed E-state index contributed by atoms with van der Waals surface area (Å²) in [6.45, 7) is 2.07. The van der Waals surface area contributed by atoms with Gasteiger partial charge in [0.1, 0.15) is 5.15 Å². The Morgan fingerprint density at radius 1 is 1.50 bits per heavy atom. The molecule has 110 valence electrons. The molecule has 0 saturated carbocycles. The van der Waals surface area contributed by atoms with E-state index in [1.807, 2.05) is 6.92 Å². The van der Waals surface area contributed by atoms with Crippen LogP contribution in [0, 0.1) is 0 Å². The molecule has 0 aromatic carbocycles. The van der Waals surface area contributed by atoms with Gasteiger partial charge in [-0.3, -0.25) is 0 Å². The van der Waals surface area contributed by atoms with E-state index in [-0.39, 0.29) is 22.7 Å². The van der Waals surface area contributed by atoms with Crippen LogP contribution in [0.3, 0.4) is 0 Å². The van der Waals surface area contributed by atoms with Crippen LogP contribution in [0.15, 0.2) is 11.2 Å². The third-order valence-corrected chi connectivity index (χ3v) is 2.91. The van der Waals surface area contributed by atoms with E-state index in [1.165, 1.54) is 17.8 Å². The standard InChI is InChI=1S/C11H14ClN3O4S/c1-3-4-5-19-11(18)15(10(16)17)8-6-7(12)13-9(14-8)20-2/h6H,3-5H2,1-2H3,(H,16,17). The largest absolute Gasteiger partial charge is 0.464 e. The van der Waals surface area contributed by atoms with Gasteiger partial charge in [-0.2, -0.15) is 4.90 Å². The van der Waals surface area contributed by atoms with Crippen LogP contribution in [0.5, 0.6) is 0 Å². The monoisotopic (exact) mass is 319 g/mol. The third kappa shape index (κ3) is 4.53. The van der Waals surface area contributed by atoms with Crippen LogP contribution >= 0.6 is 23.4 Å². The number of carboxylic acid groups (broad SMARTS) is 1. The quantitative estimate of drug-likeness (QED) is 0.385. The zero-order valence-electron chi connectivity index (χ0n) is 11.0. The first-order chi connectivity index (χ1) is 9.49. The summed E-state index contributed by atoms with van der Waals surface area (Å²) in [4.78, 5) is 31.2. The molecule has 0 bridgehead atoms. The van der Waals surface area contributed by atoms with Crippen molar-refractivity contribution in [3.8, 4) is 0 Å². The number of ether oxygens (including phenoxy) is 1. The van der Waals surface area contributed by atoms with Crippen molar-refractivity contribution < 1.29 is 19.4 Å². The Kier molecular flexibility index (Phi) is 6.53. The van der Waals surface area contributed by atoms with Crippen molar-refractivity contribution in [3.63, 3.8) is 0 Å². The lowest BCUT2D eigenvalue weighted by molar-refractivity contribution is 0.147. The van der Waals surface area contributed by atoms with Gasteiger partial charge in [0.05, 0.1) is 6.61 Å². The lowest BCUT2D eigenvalue weighted by Crippen LogP contribution is -2.37. The fourth-order valence-electron chi connectivity index (χ4n) is 1.23. The summed E-state index contributed by atoms with van der Waals surface area (Å²) < 4.78 is 4.87. The van der Waals surface area contributed by atoms with Crippen LogP contribution in [0.4, 0.5) is 15.4 Å². The van der Waals surface area contributed by atoms with Crippen LogP contribution in [-0.4, -0.2) is 40.1 Å². The Morgan fingerprint density at radius 2 is 2.20 bits per heavy atom. The summed E-state index contributed by atoms with van der Waals surface area (Å²) in [7, 11) is 0. The number of imide groups is 1. The minimum absolute atomic E-state index is 0.0481. The molecule has 0 atom stereocenters. The highest BCUT2D eigenvalue weighted by molar-refractivity contribution is 7.98. The Balaban J connectivity index is 2.98. The van der Waals surface area contributed by atoms with Crippen LogP contribution in [0.2, 0.25) is 5.15 Å².